The number of ether oxygens (including phenoxy) is 1. The monoisotopic (exact) mass is 561 g/mol. The van der Waals surface area contributed by atoms with E-state index in [0.29, 0.717) is 32.6 Å². The summed E-state index contributed by atoms with van der Waals surface area (Å²) in [5.74, 6) is 2.61. The Morgan fingerprint density at radius 2 is 1.97 bits per heavy atom. The third kappa shape index (κ3) is 6.86. The Kier molecular flexibility index (Phi) is 9.23. The van der Waals surface area contributed by atoms with Crippen LogP contribution in [0.3, 0.4) is 0 Å². The largest absolute Gasteiger partial charge is 0.497 e. The van der Waals surface area contributed by atoms with Crippen LogP contribution in [0.1, 0.15) is 25.2 Å². The fourth-order valence-electron chi connectivity index (χ4n) is 3.43. The molecule has 1 aromatic heterocycles. The zero-order chi connectivity index (χ0) is 21.6. The van der Waals surface area contributed by atoms with Gasteiger partial charge in [0.05, 0.1) is 23.9 Å². The van der Waals surface area contributed by atoms with Gasteiger partial charge in [-0.3, -0.25) is 4.99 Å². The summed E-state index contributed by atoms with van der Waals surface area (Å²) < 4.78 is 34.6. The van der Waals surface area contributed by atoms with Crippen molar-refractivity contribution in [2.75, 3.05) is 39.0 Å². The van der Waals surface area contributed by atoms with Gasteiger partial charge in [-0.25, -0.2) is 8.42 Å². The molecule has 1 aliphatic rings. The molecule has 1 N–H and O–H groups in total. The molecule has 31 heavy (non-hydrogen) atoms. The summed E-state index contributed by atoms with van der Waals surface area (Å²) in [6.45, 7) is 5.71. The molecule has 9 heteroatoms. The molecule has 7 nitrogen and oxygen atoms in total. The number of hydrogen-bond donors (Lipinski definition) is 1. The van der Waals surface area contributed by atoms with Gasteiger partial charge < -0.3 is 19.4 Å². The van der Waals surface area contributed by atoms with Crippen LogP contribution < -0.4 is 10.1 Å². The van der Waals surface area contributed by atoms with Gasteiger partial charge >= 0.3 is 0 Å². The minimum atomic E-state index is -3.10. The van der Waals surface area contributed by atoms with Crippen LogP contribution in [0, 0.1) is 0 Å². The quantitative estimate of drug-likeness (QED) is 0.318. The van der Waals surface area contributed by atoms with E-state index < -0.39 is 14.6 Å². The third-order valence-corrected chi connectivity index (χ3v) is 7.93. The maximum atomic E-state index is 12.4. The molecule has 0 radical (unpaired) electrons. The molecule has 1 fully saturated rings. The Balaban J connectivity index is 0.00000341. The average molecular weight is 561 g/mol. The van der Waals surface area contributed by atoms with Crippen molar-refractivity contribution in [3.05, 3.63) is 54.0 Å². The molecule has 1 aromatic carbocycles. The lowest BCUT2D eigenvalue weighted by Gasteiger charge is -2.39. The van der Waals surface area contributed by atoms with E-state index in [2.05, 4.69) is 10.2 Å². The Hall–Kier alpha value is -1.75. The van der Waals surface area contributed by atoms with Gasteiger partial charge in [0.1, 0.15) is 11.5 Å². The number of furan rings is 1. The van der Waals surface area contributed by atoms with Crippen LogP contribution in [0.5, 0.6) is 5.75 Å². The van der Waals surface area contributed by atoms with E-state index in [4.69, 9.17) is 14.1 Å². The molecule has 0 spiro atoms. The van der Waals surface area contributed by atoms with Crippen LogP contribution in [-0.2, 0) is 22.7 Å². The highest BCUT2D eigenvalue weighted by atomic mass is 127. The predicted molar refractivity (Wildman–Crippen MR) is 134 cm³/mol. The van der Waals surface area contributed by atoms with E-state index >= 15 is 0 Å². The van der Waals surface area contributed by atoms with Crippen molar-refractivity contribution in [2.24, 2.45) is 4.99 Å². The number of methoxy groups -OCH3 is 1. The van der Waals surface area contributed by atoms with Gasteiger partial charge in [-0.15, -0.1) is 24.0 Å². The number of hydrogen-bond acceptors (Lipinski definition) is 5. The van der Waals surface area contributed by atoms with Crippen molar-refractivity contribution >= 4 is 39.8 Å². The molecule has 1 aliphatic heterocycles. The zero-order valence-corrected chi connectivity index (χ0v) is 21.5. The number of benzene rings is 1. The summed E-state index contributed by atoms with van der Waals surface area (Å²) in [6, 6.07) is 11.8. The number of rotatable bonds is 7. The van der Waals surface area contributed by atoms with E-state index in [1.165, 1.54) is 5.56 Å². The fourth-order valence-corrected chi connectivity index (χ4v) is 4.80. The van der Waals surface area contributed by atoms with Gasteiger partial charge in [-0.2, -0.15) is 0 Å². The lowest BCUT2D eigenvalue weighted by Crippen LogP contribution is -2.57. The second-order valence-corrected chi connectivity index (χ2v) is 10.8. The van der Waals surface area contributed by atoms with Crippen LogP contribution in [0.15, 0.2) is 52.1 Å². The normalized spacial score (nSPS) is 17.6. The first kappa shape index (κ1) is 25.5. The molecular weight excluding hydrogens is 529 g/mol. The van der Waals surface area contributed by atoms with Gasteiger partial charge in [-0.05, 0) is 50.1 Å². The summed E-state index contributed by atoms with van der Waals surface area (Å²) in [6.07, 6.45) is 3.19. The summed E-state index contributed by atoms with van der Waals surface area (Å²) in [4.78, 5) is 6.80. The van der Waals surface area contributed by atoms with E-state index in [9.17, 15) is 8.42 Å². The zero-order valence-electron chi connectivity index (χ0n) is 18.3. The molecule has 0 atom stereocenters. The fraction of sp³-hybridized carbons (Fsp3) is 0.500. The molecule has 0 unspecified atom stereocenters. The lowest BCUT2D eigenvalue weighted by molar-refractivity contribution is 0.352. The van der Waals surface area contributed by atoms with Crippen LogP contribution in [0.4, 0.5) is 0 Å². The lowest BCUT2D eigenvalue weighted by atomic mass is 10.1. The van der Waals surface area contributed by atoms with Gasteiger partial charge in [-0.1, -0.05) is 12.1 Å². The van der Waals surface area contributed by atoms with E-state index in [-0.39, 0.29) is 29.7 Å². The molecule has 0 amide bonds. The maximum Gasteiger partial charge on any atom is 0.194 e. The van der Waals surface area contributed by atoms with Gasteiger partial charge in [0.25, 0.3) is 0 Å². The number of nitrogens with zero attached hydrogens (tertiary/aromatic N) is 2. The Labute approximate surface area is 202 Å². The van der Waals surface area contributed by atoms with Crippen LogP contribution >= 0.6 is 24.0 Å². The summed E-state index contributed by atoms with van der Waals surface area (Å²) >= 11 is 0. The third-order valence-electron chi connectivity index (χ3n) is 5.40. The molecule has 2 heterocycles. The summed E-state index contributed by atoms with van der Waals surface area (Å²) in [7, 11) is -1.45. The van der Waals surface area contributed by atoms with Gasteiger partial charge in [0.15, 0.2) is 15.8 Å². The highest BCUT2D eigenvalue weighted by Crippen LogP contribution is 2.23. The van der Waals surface area contributed by atoms with E-state index in [0.717, 1.165) is 23.9 Å². The Bertz CT molecular complexity index is 942. The van der Waals surface area contributed by atoms with Crippen molar-refractivity contribution in [1.82, 2.24) is 10.2 Å². The predicted octanol–water partition coefficient (Wildman–Crippen LogP) is 3.15. The topological polar surface area (TPSA) is 84.1 Å². The number of sulfone groups is 1. The minimum Gasteiger partial charge on any atom is -0.497 e. The molecule has 172 valence electrons. The maximum absolute atomic E-state index is 12.4. The Morgan fingerprint density at radius 1 is 1.23 bits per heavy atom. The standard InChI is InChI=1S/C22H31N3O4S.HI/c1-22(2)17-25(14-16-30(22,26)27)21(24-13-11-20-5-4-15-29-20)23-12-10-18-6-8-19(28-3)9-7-18;/h4-9,15H,10-14,16-17H2,1-3H3,(H,23,24);1H. The Morgan fingerprint density at radius 3 is 2.58 bits per heavy atom. The SMILES string of the molecule is COc1ccc(CCNC(=NCCc2ccco2)N2CCS(=O)(=O)C(C)(C)C2)cc1.I. The molecule has 0 aliphatic carbocycles. The first-order valence-electron chi connectivity index (χ1n) is 10.2. The minimum absolute atomic E-state index is 0. The van der Waals surface area contributed by atoms with Gasteiger partial charge in [0, 0.05) is 32.6 Å². The van der Waals surface area contributed by atoms with Crippen LogP contribution in [0.25, 0.3) is 0 Å². The molecule has 3 rings (SSSR count). The van der Waals surface area contributed by atoms with Crippen LogP contribution in [-0.4, -0.2) is 63.1 Å². The summed E-state index contributed by atoms with van der Waals surface area (Å²) in [5.41, 5.74) is 1.19. The molecule has 1 saturated heterocycles. The number of guanidine groups is 1. The van der Waals surface area contributed by atoms with Crippen molar-refractivity contribution in [3.63, 3.8) is 0 Å². The molecule has 2 aromatic rings. The molecule has 0 saturated carbocycles. The van der Waals surface area contributed by atoms with Gasteiger partial charge in [0.2, 0.25) is 0 Å². The number of halogens is 1. The van der Waals surface area contributed by atoms with Crippen LogP contribution in [0.2, 0.25) is 0 Å². The highest BCUT2D eigenvalue weighted by molar-refractivity contribution is 14.0. The van der Waals surface area contributed by atoms with E-state index in [1.807, 2.05) is 36.4 Å². The number of nitrogens with one attached hydrogen (secondary N) is 1. The van der Waals surface area contributed by atoms with Crippen molar-refractivity contribution < 1.29 is 17.6 Å². The first-order chi connectivity index (χ1) is 14.3. The smallest absolute Gasteiger partial charge is 0.194 e. The van der Waals surface area contributed by atoms with Crippen molar-refractivity contribution in [3.8, 4) is 5.75 Å². The highest BCUT2D eigenvalue weighted by Gasteiger charge is 2.41. The molecule has 0 bridgehead atoms. The second kappa shape index (κ2) is 11.2. The summed E-state index contributed by atoms with van der Waals surface area (Å²) in [5, 5.41) is 3.43. The van der Waals surface area contributed by atoms with Crippen molar-refractivity contribution in [2.45, 2.75) is 31.4 Å². The first-order valence-corrected chi connectivity index (χ1v) is 11.9. The van der Waals surface area contributed by atoms with Crippen molar-refractivity contribution in [1.29, 1.82) is 0 Å². The second-order valence-electron chi connectivity index (χ2n) is 8.06. The average Bonchev–Trinajstić information content (AvgIpc) is 3.23. The van der Waals surface area contributed by atoms with E-state index in [1.54, 1.807) is 27.2 Å². The number of aliphatic imine (C=N–C) groups is 1. The molecular formula is C22H32IN3O4S.